The lowest BCUT2D eigenvalue weighted by molar-refractivity contribution is -0.162. The first kappa shape index (κ1) is 18.6. The minimum absolute atomic E-state index is 0.184. The van der Waals surface area contributed by atoms with Crippen LogP contribution in [0.5, 0.6) is 0 Å². The SMILES string of the molecule is CC(C)=CCC[C@@](O)(CO)[C@@H]1CC[C@]2(CO1)O[C@@H]2CCc1ccoc1. The van der Waals surface area contributed by atoms with E-state index >= 15 is 0 Å². The molecule has 2 saturated heterocycles. The van der Waals surface area contributed by atoms with Crippen LogP contribution >= 0.6 is 0 Å². The van der Waals surface area contributed by atoms with Crippen LogP contribution in [0.15, 0.2) is 34.7 Å². The quantitative estimate of drug-likeness (QED) is 0.557. The van der Waals surface area contributed by atoms with E-state index in [1.165, 1.54) is 11.1 Å². The number of ether oxygens (including phenoxy) is 2. The van der Waals surface area contributed by atoms with Gasteiger partial charge in [-0.2, -0.15) is 0 Å². The van der Waals surface area contributed by atoms with Crippen molar-refractivity contribution in [3.05, 3.63) is 35.8 Å². The fourth-order valence-electron chi connectivity index (χ4n) is 3.80. The highest BCUT2D eigenvalue weighted by Gasteiger charge is 2.59. The summed E-state index contributed by atoms with van der Waals surface area (Å²) in [6.07, 6.45) is 10.2. The molecule has 4 atom stereocenters. The molecule has 0 aromatic carbocycles. The van der Waals surface area contributed by atoms with Crippen LogP contribution in [0.4, 0.5) is 0 Å². The summed E-state index contributed by atoms with van der Waals surface area (Å²) < 4.78 is 17.0. The fourth-order valence-corrected chi connectivity index (χ4v) is 3.80. The van der Waals surface area contributed by atoms with Crippen molar-refractivity contribution in [2.45, 2.75) is 75.8 Å². The van der Waals surface area contributed by atoms with Gasteiger partial charge in [-0.15, -0.1) is 0 Å². The second-order valence-corrected chi connectivity index (χ2v) is 7.76. The molecule has 1 spiro atoms. The predicted octanol–water partition coefficient (Wildman–Crippen LogP) is 3.00. The van der Waals surface area contributed by atoms with Crippen LogP contribution in [0.2, 0.25) is 0 Å². The van der Waals surface area contributed by atoms with Crippen LogP contribution in [-0.2, 0) is 15.9 Å². The highest BCUT2D eigenvalue weighted by molar-refractivity contribution is 5.11. The van der Waals surface area contributed by atoms with Gasteiger partial charge in [0.05, 0.1) is 37.9 Å². The van der Waals surface area contributed by atoms with E-state index in [-0.39, 0.29) is 24.4 Å². The Labute approximate surface area is 149 Å². The van der Waals surface area contributed by atoms with Gasteiger partial charge in [-0.25, -0.2) is 0 Å². The van der Waals surface area contributed by atoms with E-state index in [1.54, 1.807) is 12.5 Å². The topological polar surface area (TPSA) is 75.4 Å². The fraction of sp³-hybridized carbons (Fsp3) is 0.700. The van der Waals surface area contributed by atoms with Crippen LogP contribution in [-0.4, -0.2) is 46.8 Å². The Morgan fingerprint density at radius 3 is 2.88 bits per heavy atom. The summed E-state index contributed by atoms with van der Waals surface area (Å²) in [5, 5.41) is 20.5. The van der Waals surface area contributed by atoms with Crippen molar-refractivity contribution in [2.75, 3.05) is 13.2 Å². The average Bonchev–Trinajstić information content (AvgIpc) is 3.02. The van der Waals surface area contributed by atoms with Gasteiger partial charge in [-0.05, 0) is 64.0 Å². The molecule has 3 rings (SSSR count). The Kier molecular flexibility index (Phi) is 5.68. The number of aryl methyl sites for hydroxylation is 1. The van der Waals surface area contributed by atoms with Gasteiger partial charge in [0.1, 0.15) is 11.2 Å². The number of hydrogen-bond acceptors (Lipinski definition) is 5. The molecule has 2 aliphatic rings. The Morgan fingerprint density at radius 1 is 1.44 bits per heavy atom. The summed E-state index contributed by atoms with van der Waals surface area (Å²) in [6.45, 7) is 4.30. The van der Waals surface area contributed by atoms with E-state index in [1.807, 2.05) is 19.9 Å². The second kappa shape index (κ2) is 7.62. The zero-order valence-electron chi connectivity index (χ0n) is 15.2. The molecule has 0 unspecified atom stereocenters. The molecular weight excluding hydrogens is 320 g/mol. The minimum Gasteiger partial charge on any atom is -0.472 e. The maximum absolute atomic E-state index is 10.8. The third-order valence-corrected chi connectivity index (χ3v) is 5.54. The molecule has 5 heteroatoms. The molecule has 5 nitrogen and oxygen atoms in total. The minimum atomic E-state index is -1.17. The molecule has 2 fully saturated rings. The molecule has 0 bridgehead atoms. The van der Waals surface area contributed by atoms with Crippen molar-refractivity contribution in [1.82, 2.24) is 0 Å². The van der Waals surface area contributed by atoms with Gasteiger partial charge in [-0.3, -0.25) is 0 Å². The summed E-state index contributed by atoms with van der Waals surface area (Å²) in [7, 11) is 0. The third-order valence-electron chi connectivity index (χ3n) is 5.54. The number of furan rings is 1. The van der Waals surface area contributed by atoms with Gasteiger partial charge in [0.25, 0.3) is 0 Å². The Bertz CT molecular complexity index is 567. The zero-order valence-corrected chi connectivity index (χ0v) is 15.2. The maximum Gasteiger partial charge on any atom is 0.118 e. The number of rotatable bonds is 8. The number of aliphatic hydroxyl groups excluding tert-OH is 1. The van der Waals surface area contributed by atoms with E-state index in [2.05, 4.69) is 6.08 Å². The van der Waals surface area contributed by atoms with E-state index in [9.17, 15) is 10.2 Å². The molecule has 1 aromatic rings. The summed E-state index contributed by atoms with van der Waals surface area (Å²) in [6, 6.07) is 1.98. The van der Waals surface area contributed by atoms with Crippen LogP contribution < -0.4 is 0 Å². The number of allylic oxidation sites excluding steroid dienone is 2. The van der Waals surface area contributed by atoms with Crippen LogP contribution in [0.3, 0.4) is 0 Å². The predicted molar refractivity (Wildman–Crippen MR) is 94.3 cm³/mol. The number of hydrogen-bond donors (Lipinski definition) is 2. The average molecular weight is 350 g/mol. The van der Waals surface area contributed by atoms with Gasteiger partial charge >= 0.3 is 0 Å². The summed E-state index contributed by atoms with van der Waals surface area (Å²) in [5.74, 6) is 0. The number of aliphatic hydroxyl groups is 2. The molecule has 2 N–H and O–H groups in total. The van der Waals surface area contributed by atoms with E-state index < -0.39 is 5.60 Å². The zero-order chi connectivity index (χ0) is 17.9. The Balaban J connectivity index is 1.47. The van der Waals surface area contributed by atoms with Gasteiger partial charge in [-0.1, -0.05) is 11.6 Å². The lowest BCUT2D eigenvalue weighted by Gasteiger charge is -2.38. The highest BCUT2D eigenvalue weighted by Crippen LogP contribution is 2.48. The van der Waals surface area contributed by atoms with Crippen molar-refractivity contribution in [3.8, 4) is 0 Å². The molecule has 2 aliphatic heterocycles. The van der Waals surface area contributed by atoms with Gasteiger partial charge in [0.2, 0.25) is 0 Å². The van der Waals surface area contributed by atoms with E-state index in [0.29, 0.717) is 19.4 Å². The normalized spacial score (nSPS) is 30.9. The molecular formula is C20H30O5. The smallest absolute Gasteiger partial charge is 0.118 e. The van der Waals surface area contributed by atoms with Crippen molar-refractivity contribution in [2.24, 2.45) is 0 Å². The summed E-state index contributed by atoms with van der Waals surface area (Å²) in [5.41, 5.74) is 1.05. The second-order valence-electron chi connectivity index (χ2n) is 7.76. The van der Waals surface area contributed by atoms with E-state index in [4.69, 9.17) is 13.9 Å². The van der Waals surface area contributed by atoms with Gasteiger partial charge in [0.15, 0.2) is 0 Å². The van der Waals surface area contributed by atoms with Crippen molar-refractivity contribution in [1.29, 1.82) is 0 Å². The van der Waals surface area contributed by atoms with Crippen LogP contribution in [0.25, 0.3) is 0 Å². The summed E-state index contributed by atoms with van der Waals surface area (Å²) >= 11 is 0. The van der Waals surface area contributed by atoms with Crippen LogP contribution in [0.1, 0.15) is 51.5 Å². The lowest BCUT2D eigenvalue weighted by atomic mass is 9.83. The molecule has 3 heterocycles. The molecule has 25 heavy (non-hydrogen) atoms. The third kappa shape index (κ3) is 4.34. The molecule has 0 amide bonds. The molecule has 0 radical (unpaired) electrons. The molecule has 1 aromatic heterocycles. The maximum atomic E-state index is 10.8. The van der Waals surface area contributed by atoms with Crippen LogP contribution in [0, 0.1) is 0 Å². The highest BCUT2D eigenvalue weighted by atomic mass is 16.6. The monoisotopic (exact) mass is 350 g/mol. The summed E-state index contributed by atoms with van der Waals surface area (Å²) in [4.78, 5) is 0. The van der Waals surface area contributed by atoms with Crippen molar-refractivity contribution in [3.63, 3.8) is 0 Å². The van der Waals surface area contributed by atoms with Crippen molar-refractivity contribution >= 4 is 0 Å². The largest absolute Gasteiger partial charge is 0.472 e. The van der Waals surface area contributed by atoms with E-state index in [0.717, 1.165) is 25.7 Å². The lowest BCUT2D eigenvalue weighted by Crippen LogP contribution is -2.51. The first-order valence-electron chi connectivity index (χ1n) is 9.24. The molecule has 140 valence electrons. The number of epoxide rings is 1. The molecule has 0 saturated carbocycles. The Morgan fingerprint density at radius 2 is 2.28 bits per heavy atom. The Hall–Kier alpha value is -1.14. The first-order valence-corrected chi connectivity index (χ1v) is 9.24. The standard InChI is InChI=1S/C20H30O5/c1-15(2)4-3-9-19(22,13-21)17-7-10-20(14-24-17)18(25-20)6-5-16-8-11-23-12-16/h4,8,11-12,17-18,21-22H,3,5-7,9-10,13-14H2,1-2H3/t17-,18+,19+,20+/m0/s1. The van der Waals surface area contributed by atoms with Crippen molar-refractivity contribution < 1.29 is 24.1 Å². The van der Waals surface area contributed by atoms with Gasteiger partial charge < -0.3 is 24.1 Å². The van der Waals surface area contributed by atoms with Gasteiger partial charge in [0, 0.05) is 0 Å². The molecule has 0 aliphatic carbocycles. The first-order chi connectivity index (χ1) is 12.0.